The van der Waals surface area contributed by atoms with Crippen molar-refractivity contribution >= 4 is 16.5 Å². The maximum Gasteiger partial charge on any atom is 0.140 e. The topological polar surface area (TPSA) is 69.5 Å². The fourth-order valence-corrected chi connectivity index (χ4v) is 2.84. The zero-order valence-corrected chi connectivity index (χ0v) is 14.7. The van der Waals surface area contributed by atoms with Gasteiger partial charge in [0.05, 0.1) is 44.9 Å². The molecular weight excluding hydrogens is 310 g/mol. The van der Waals surface area contributed by atoms with Crippen LogP contribution in [0.4, 0.5) is 0 Å². The van der Waals surface area contributed by atoms with Gasteiger partial charge in [-0.1, -0.05) is 18.5 Å². The smallest absolute Gasteiger partial charge is 0.140 e. The second-order valence-corrected chi connectivity index (χ2v) is 5.18. The lowest BCUT2D eigenvalue weighted by Gasteiger charge is -2.19. The Balaban J connectivity index is 2.97. The summed E-state index contributed by atoms with van der Waals surface area (Å²) in [7, 11) is 6.34. The Hall–Kier alpha value is -2.63. The Labute approximate surface area is 141 Å². The molecule has 6 heteroatoms. The Morgan fingerprint density at radius 3 is 1.96 bits per heavy atom. The van der Waals surface area contributed by atoms with Crippen LogP contribution in [0.1, 0.15) is 25.3 Å². The zero-order valence-electron chi connectivity index (χ0n) is 14.7. The second kappa shape index (κ2) is 7.77. The average Bonchev–Trinajstić information content (AvgIpc) is 2.63. The molecule has 0 bridgehead atoms. The number of fused-ring (bicyclic) bond motifs is 1. The molecule has 0 amide bonds. The van der Waals surface area contributed by atoms with E-state index in [1.807, 2.05) is 19.1 Å². The van der Waals surface area contributed by atoms with E-state index < -0.39 is 0 Å². The van der Waals surface area contributed by atoms with Crippen LogP contribution in [0, 0.1) is 0 Å². The third kappa shape index (κ3) is 2.91. The van der Waals surface area contributed by atoms with E-state index in [4.69, 9.17) is 18.9 Å². The molecule has 2 aromatic rings. The molecular formula is C18H23NO5. The highest BCUT2D eigenvalue weighted by Gasteiger charge is 2.23. The first-order valence-electron chi connectivity index (χ1n) is 7.67. The summed E-state index contributed by atoms with van der Waals surface area (Å²) in [4.78, 5) is 0. The molecule has 0 fully saturated rings. The molecule has 0 aliphatic heterocycles. The van der Waals surface area contributed by atoms with Gasteiger partial charge in [-0.25, -0.2) is 0 Å². The summed E-state index contributed by atoms with van der Waals surface area (Å²) in [6.45, 7) is 2.01. The highest BCUT2D eigenvalue weighted by molar-refractivity contribution is 6.12. The first-order valence-corrected chi connectivity index (χ1v) is 7.67. The largest absolute Gasteiger partial charge is 0.496 e. The quantitative estimate of drug-likeness (QED) is 0.473. The molecule has 0 aliphatic carbocycles. The van der Waals surface area contributed by atoms with Crippen LogP contribution in [0.2, 0.25) is 0 Å². The minimum atomic E-state index is 0.527. The summed E-state index contributed by atoms with van der Waals surface area (Å²) in [5.74, 6) is 2.42. The lowest BCUT2D eigenvalue weighted by atomic mass is 9.97. The molecule has 0 aliphatic rings. The molecule has 0 atom stereocenters. The van der Waals surface area contributed by atoms with Crippen molar-refractivity contribution in [2.45, 2.75) is 19.8 Å². The lowest BCUT2D eigenvalue weighted by Crippen LogP contribution is -2.06. The minimum Gasteiger partial charge on any atom is -0.496 e. The van der Waals surface area contributed by atoms with E-state index in [1.165, 1.54) is 0 Å². The van der Waals surface area contributed by atoms with Gasteiger partial charge in [0.2, 0.25) is 0 Å². The molecule has 0 heterocycles. The number of hydrogen-bond acceptors (Lipinski definition) is 6. The van der Waals surface area contributed by atoms with E-state index in [1.54, 1.807) is 34.5 Å². The van der Waals surface area contributed by atoms with Crippen LogP contribution < -0.4 is 18.9 Å². The summed E-state index contributed by atoms with van der Waals surface area (Å²) in [6.07, 6.45) is 1.44. The highest BCUT2D eigenvalue weighted by Crippen LogP contribution is 2.46. The van der Waals surface area contributed by atoms with Crippen molar-refractivity contribution in [3.63, 3.8) is 0 Å². The Kier molecular flexibility index (Phi) is 5.73. The van der Waals surface area contributed by atoms with Crippen molar-refractivity contribution in [1.29, 1.82) is 0 Å². The number of nitrogens with zero attached hydrogens (tertiary/aromatic N) is 1. The van der Waals surface area contributed by atoms with Crippen LogP contribution in [-0.4, -0.2) is 39.4 Å². The normalized spacial score (nSPS) is 11.5. The Morgan fingerprint density at radius 1 is 0.917 bits per heavy atom. The number of benzene rings is 2. The van der Waals surface area contributed by atoms with Gasteiger partial charge in [-0.15, -0.1) is 0 Å². The van der Waals surface area contributed by atoms with Crippen molar-refractivity contribution in [1.82, 2.24) is 0 Å². The molecule has 0 unspecified atom stereocenters. The molecule has 6 nitrogen and oxygen atoms in total. The summed E-state index contributed by atoms with van der Waals surface area (Å²) in [5, 5.41) is 14.3. The first kappa shape index (κ1) is 17.7. The summed E-state index contributed by atoms with van der Waals surface area (Å²) in [5.41, 5.74) is 1.19. The van der Waals surface area contributed by atoms with E-state index in [9.17, 15) is 5.21 Å². The summed E-state index contributed by atoms with van der Waals surface area (Å²) >= 11 is 0. The number of rotatable bonds is 7. The molecule has 2 aromatic carbocycles. The van der Waals surface area contributed by atoms with E-state index in [0.29, 0.717) is 46.1 Å². The molecule has 0 radical (unpaired) electrons. The standard InChI is InChI=1S/C18H23NO5/c1-6-7-12(19-20)11-10-15(23-4)16-13(21-2)8-9-14(22-3)17(16)18(11)24-5/h8-10,20H,6-7H2,1-5H3. The number of hydrogen-bond donors (Lipinski definition) is 1. The number of oxime groups is 1. The van der Waals surface area contributed by atoms with Gasteiger partial charge in [0.15, 0.2) is 0 Å². The van der Waals surface area contributed by atoms with Gasteiger partial charge in [-0.2, -0.15) is 0 Å². The van der Waals surface area contributed by atoms with Crippen molar-refractivity contribution in [2.75, 3.05) is 28.4 Å². The van der Waals surface area contributed by atoms with E-state index in [0.717, 1.165) is 11.8 Å². The van der Waals surface area contributed by atoms with Gasteiger partial charge in [-0.3, -0.25) is 0 Å². The van der Waals surface area contributed by atoms with Gasteiger partial charge >= 0.3 is 0 Å². The molecule has 24 heavy (non-hydrogen) atoms. The first-order chi connectivity index (χ1) is 11.7. The molecule has 0 saturated heterocycles. The maximum atomic E-state index is 9.43. The third-order valence-corrected chi connectivity index (χ3v) is 3.90. The van der Waals surface area contributed by atoms with Gasteiger partial charge in [-0.05, 0) is 24.6 Å². The van der Waals surface area contributed by atoms with Crippen LogP contribution >= 0.6 is 0 Å². The SMILES string of the molecule is CCCC(=NO)c1cc(OC)c2c(OC)ccc(OC)c2c1OC. The van der Waals surface area contributed by atoms with Crippen molar-refractivity contribution in [3.05, 3.63) is 23.8 Å². The number of ether oxygens (including phenoxy) is 4. The molecule has 2 rings (SSSR count). The van der Waals surface area contributed by atoms with Crippen molar-refractivity contribution in [2.24, 2.45) is 5.16 Å². The summed E-state index contributed by atoms with van der Waals surface area (Å²) < 4.78 is 22.2. The van der Waals surface area contributed by atoms with Crippen LogP contribution in [0.15, 0.2) is 23.4 Å². The van der Waals surface area contributed by atoms with Gasteiger partial charge in [0, 0.05) is 5.56 Å². The fourth-order valence-electron chi connectivity index (χ4n) is 2.84. The molecule has 0 aromatic heterocycles. The average molecular weight is 333 g/mol. The monoisotopic (exact) mass is 333 g/mol. The van der Waals surface area contributed by atoms with Crippen LogP contribution in [0.25, 0.3) is 10.8 Å². The Bertz CT molecular complexity index is 755. The predicted octanol–water partition coefficient (Wildman–Crippen LogP) is 3.85. The van der Waals surface area contributed by atoms with Crippen LogP contribution in [0.3, 0.4) is 0 Å². The second-order valence-electron chi connectivity index (χ2n) is 5.18. The van der Waals surface area contributed by atoms with Crippen molar-refractivity contribution < 1.29 is 24.2 Å². The maximum absolute atomic E-state index is 9.43. The molecule has 0 spiro atoms. The van der Waals surface area contributed by atoms with E-state index >= 15 is 0 Å². The highest BCUT2D eigenvalue weighted by atomic mass is 16.5. The molecule has 1 N–H and O–H groups in total. The zero-order chi connectivity index (χ0) is 17.7. The van der Waals surface area contributed by atoms with E-state index in [2.05, 4.69) is 5.16 Å². The van der Waals surface area contributed by atoms with Crippen LogP contribution in [-0.2, 0) is 0 Å². The predicted molar refractivity (Wildman–Crippen MR) is 93.4 cm³/mol. The lowest BCUT2D eigenvalue weighted by molar-refractivity contribution is 0.317. The van der Waals surface area contributed by atoms with Gasteiger partial charge in [0.25, 0.3) is 0 Å². The third-order valence-electron chi connectivity index (χ3n) is 3.90. The molecule has 130 valence electrons. The Morgan fingerprint density at radius 2 is 1.50 bits per heavy atom. The van der Waals surface area contributed by atoms with Gasteiger partial charge in [0.1, 0.15) is 23.0 Å². The molecule has 0 saturated carbocycles. The van der Waals surface area contributed by atoms with Crippen molar-refractivity contribution in [3.8, 4) is 23.0 Å². The number of methoxy groups -OCH3 is 4. The van der Waals surface area contributed by atoms with E-state index in [-0.39, 0.29) is 0 Å². The van der Waals surface area contributed by atoms with Crippen LogP contribution in [0.5, 0.6) is 23.0 Å². The minimum absolute atomic E-state index is 0.527. The summed E-state index contributed by atoms with van der Waals surface area (Å²) in [6, 6.07) is 5.42. The fraction of sp³-hybridized carbons (Fsp3) is 0.389. The van der Waals surface area contributed by atoms with Gasteiger partial charge < -0.3 is 24.2 Å².